The first kappa shape index (κ1) is 12.1. The molecule has 0 aliphatic carbocycles. The Morgan fingerprint density at radius 1 is 1.12 bits per heavy atom. The lowest BCUT2D eigenvalue weighted by Crippen LogP contribution is -2.35. The van der Waals surface area contributed by atoms with E-state index in [9.17, 15) is 5.11 Å². The Morgan fingerprint density at radius 3 is 2.59 bits per heavy atom. The number of fused-ring (bicyclic) bond motifs is 1. The van der Waals surface area contributed by atoms with E-state index in [1.54, 1.807) is 0 Å². The number of hydrogen-bond acceptors (Lipinski definition) is 2. The van der Waals surface area contributed by atoms with Gasteiger partial charge >= 0.3 is 0 Å². The van der Waals surface area contributed by atoms with Crippen LogP contribution in [0.25, 0.3) is 10.8 Å². The van der Waals surface area contributed by atoms with Gasteiger partial charge in [-0.15, -0.1) is 0 Å². The highest BCUT2D eigenvalue weighted by Crippen LogP contribution is 2.28. The maximum Gasteiger partial charge on any atom is 0.0998 e. The third-order valence-corrected chi connectivity index (χ3v) is 3.09. The summed E-state index contributed by atoms with van der Waals surface area (Å²) in [6.07, 6.45) is 0. The second-order valence-corrected chi connectivity index (χ2v) is 4.58. The summed E-state index contributed by atoms with van der Waals surface area (Å²) in [4.78, 5) is 0. The van der Waals surface area contributed by atoms with Crippen LogP contribution in [0.15, 0.2) is 42.5 Å². The molecular formula is C15H19NO. The van der Waals surface area contributed by atoms with E-state index in [4.69, 9.17) is 0 Å². The molecule has 2 heteroatoms. The van der Waals surface area contributed by atoms with Gasteiger partial charge in [0.15, 0.2) is 0 Å². The molecule has 1 unspecified atom stereocenters. The van der Waals surface area contributed by atoms with Crippen molar-refractivity contribution in [3.8, 4) is 0 Å². The number of nitrogens with one attached hydrogen (secondary N) is 1. The molecule has 0 saturated heterocycles. The topological polar surface area (TPSA) is 32.3 Å². The Labute approximate surface area is 102 Å². The van der Waals surface area contributed by atoms with Crippen LogP contribution in [0.4, 0.5) is 0 Å². The number of benzene rings is 2. The second kappa shape index (κ2) is 4.86. The fourth-order valence-electron chi connectivity index (χ4n) is 2.16. The third kappa shape index (κ3) is 2.48. The predicted octanol–water partition coefficient (Wildman–Crippen LogP) is 2.66. The SMILES string of the molecule is CCNCC(C)(O)c1cccc2ccccc12. The Balaban J connectivity index is 2.47. The molecule has 2 rings (SSSR count). The minimum absolute atomic E-state index is 0.567. The van der Waals surface area contributed by atoms with Gasteiger partial charge in [-0.25, -0.2) is 0 Å². The van der Waals surface area contributed by atoms with Crippen LogP contribution >= 0.6 is 0 Å². The molecule has 2 nitrogen and oxygen atoms in total. The smallest absolute Gasteiger partial charge is 0.0998 e. The lowest BCUT2D eigenvalue weighted by molar-refractivity contribution is 0.0591. The molecule has 1 atom stereocenters. The van der Waals surface area contributed by atoms with Crippen LogP contribution < -0.4 is 5.32 Å². The normalized spacial score (nSPS) is 14.8. The zero-order valence-corrected chi connectivity index (χ0v) is 10.4. The summed E-state index contributed by atoms with van der Waals surface area (Å²) in [5, 5.41) is 16.0. The molecule has 0 bridgehead atoms. The average Bonchev–Trinajstić information content (AvgIpc) is 2.36. The molecule has 0 saturated carbocycles. The van der Waals surface area contributed by atoms with Gasteiger partial charge in [0.2, 0.25) is 0 Å². The van der Waals surface area contributed by atoms with Crippen LogP contribution in [0.2, 0.25) is 0 Å². The van der Waals surface area contributed by atoms with Crippen LogP contribution in [0.1, 0.15) is 19.4 Å². The van der Waals surface area contributed by atoms with E-state index >= 15 is 0 Å². The lowest BCUT2D eigenvalue weighted by atomic mass is 9.91. The lowest BCUT2D eigenvalue weighted by Gasteiger charge is -2.25. The first-order valence-corrected chi connectivity index (χ1v) is 6.06. The molecule has 90 valence electrons. The molecule has 0 aromatic heterocycles. The minimum atomic E-state index is -0.836. The standard InChI is InChI=1S/C15H19NO/c1-3-16-11-15(2,17)14-10-6-8-12-7-4-5-9-13(12)14/h4-10,16-17H,3,11H2,1-2H3. The highest BCUT2D eigenvalue weighted by molar-refractivity contribution is 5.86. The van der Waals surface area contributed by atoms with Crippen molar-refractivity contribution in [2.75, 3.05) is 13.1 Å². The van der Waals surface area contributed by atoms with Gasteiger partial charge in [0, 0.05) is 6.54 Å². The first-order chi connectivity index (χ1) is 8.15. The number of rotatable bonds is 4. The molecule has 2 aromatic carbocycles. The zero-order chi connectivity index (χ0) is 12.3. The van der Waals surface area contributed by atoms with Crippen molar-refractivity contribution in [1.29, 1.82) is 0 Å². The summed E-state index contributed by atoms with van der Waals surface area (Å²) >= 11 is 0. The van der Waals surface area contributed by atoms with Crippen molar-refractivity contribution in [3.05, 3.63) is 48.0 Å². The van der Waals surface area contributed by atoms with Crippen molar-refractivity contribution in [2.45, 2.75) is 19.4 Å². The maximum atomic E-state index is 10.6. The number of likely N-dealkylation sites (N-methyl/N-ethyl adjacent to an activating group) is 1. The first-order valence-electron chi connectivity index (χ1n) is 6.06. The summed E-state index contributed by atoms with van der Waals surface area (Å²) in [5.74, 6) is 0. The van der Waals surface area contributed by atoms with Crippen LogP contribution in [0.5, 0.6) is 0 Å². The van der Waals surface area contributed by atoms with E-state index < -0.39 is 5.60 Å². The summed E-state index contributed by atoms with van der Waals surface area (Å²) < 4.78 is 0. The van der Waals surface area contributed by atoms with Gasteiger partial charge in [-0.3, -0.25) is 0 Å². The minimum Gasteiger partial charge on any atom is -0.384 e. The third-order valence-electron chi connectivity index (χ3n) is 3.09. The summed E-state index contributed by atoms with van der Waals surface area (Å²) in [6, 6.07) is 14.2. The maximum absolute atomic E-state index is 10.6. The van der Waals surface area contributed by atoms with Gasteiger partial charge in [-0.1, -0.05) is 49.4 Å². The van der Waals surface area contributed by atoms with Gasteiger partial charge < -0.3 is 10.4 Å². The van der Waals surface area contributed by atoms with E-state index in [-0.39, 0.29) is 0 Å². The summed E-state index contributed by atoms with van der Waals surface area (Å²) in [5.41, 5.74) is 0.146. The highest BCUT2D eigenvalue weighted by Gasteiger charge is 2.24. The van der Waals surface area contributed by atoms with E-state index in [2.05, 4.69) is 23.5 Å². The van der Waals surface area contributed by atoms with Gasteiger partial charge in [0.05, 0.1) is 5.60 Å². The van der Waals surface area contributed by atoms with E-state index in [0.29, 0.717) is 6.54 Å². The van der Waals surface area contributed by atoms with Crippen molar-refractivity contribution in [1.82, 2.24) is 5.32 Å². The van der Waals surface area contributed by atoms with Crippen molar-refractivity contribution < 1.29 is 5.11 Å². The van der Waals surface area contributed by atoms with Crippen LogP contribution in [0, 0.1) is 0 Å². The fraction of sp³-hybridized carbons (Fsp3) is 0.333. The fourth-order valence-corrected chi connectivity index (χ4v) is 2.16. The molecule has 2 aromatic rings. The summed E-state index contributed by atoms with van der Waals surface area (Å²) in [6.45, 7) is 5.33. The molecule has 0 aliphatic heterocycles. The highest BCUT2D eigenvalue weighted by atomic mass is 16.3. The molecular weight excluding hydrogens is 210 g/mol. The van der Waals surface area contributed by atoms with Crippen molar-refractivity contribution in [3.63, 3.8) is 0 Å². The Kier molecular flexibility index (Phi) is 3.46. The Bertz CT molecular complexity index is 500. The van der Waals surface area contributed by atoms with Crippen molar-refractivity contribution in [2.24, 2.45) is 0 Å². The zero-order valence-electron chi connectivity index (χ0n) is 10.4. The molecule has 2 N–H and O–H groups in total. The number of aliphatic hydroxyl groups is 1. The largest absolute Gasteiger partial charge is 0.384 e. The van der Waals surface area contributed by atoms with Crippen molar-refractivity contribution >= 4 is 10.8 Å². The molecule has 0 amide bonds. The molecule has 0 radical (unpaired) electrons. The Hall–Kier alpha value is -1.38. The van der Waals surface area contributed by atoms with E-state index in [0.717, 1.165) is 17.5 Å². The van der Waals surface area contributed by atoms with Crippen LogP contribution in [-0.4, -0.2) is 18.2 Å². The monoisotopic (exact) mass is 229 g/mol. The molecule has 0 heterocycles. The van der Waals surface area contributed by atoms with E-state index in [1.165, 1.54) is 5.39 Å². The Morgan fingerprint density at radius 2 is 1.82 bits per heavy atom. The van der Waals surface area contributed by atoms with Gasteiger partial charge in [0.1, 0.15) is 0 Å². The molecule has 0 fully saturated rings. The van der Waals surface area contributed by atoms with Crippen LogP contribution in [-0.2, 0) is 5.60 Å². The predicted molar refractivity (Wildman–Crippen MR) is 72.1 cm³/mol. The van der Waals surface area contributed by atoms with Gasteiger partial charge in [0.25, 0.3) is 0 Å². The van der Waals surface area contributed by atoms with Gasteiger partial charge in [-0.05, 0) is 29.8 Å². The second-order valence-electron chi connectivity index (χ2n) is 4.58. The van der Waals surface area contributed by atoms with Gasteiger partial charge in [-0.2, -0.15) is 0 Å². The number of hydrogen-bond donors (Lipinski definition) is 2. The molecule has 0 aliphatic rings. The molecule has 17 heavy (non-hydrogen) atoms. The van der Waals surface area contributed by atoms with Crippen LogP contribution in [0.3, 0.4) is 0 Å². The van der Waals surface area contributed by atoms with E-state index in [1.807, 2.05) is 38.1 Å². The average molecular weight is 229 g/mol. The quantitative estimate of drug-likeness (QED) is 0.844. The molecule has 0 spiro atoms. The summed E-state index contributed by atoms with van der Waals surface area (Å²) in [7, 11) is 0.